The van der Waals surface area contributed by atoms with Crippen molar-refractivity contribution in [3.8, 4) is 0 Å². The first kappa shape index (κ1) is 17.7. The number of esters is 1. The van der Waals surface area contributed by atoms with E-state index in [4.69, 9.17) is 4.74 Å². The van der Waals surface area contributed by atoms with Crippen LogP contribution in [-0.4, -0.2) is 44.6 Å². The minimum Gasteiger partial charge on any atom is -0.456 e. The first-order valence-corrected chi connectivity index (χ1v) is 8.37. The predicted octanol–water partition coefficient (Wildman–Crippen LogP) is 2.83. The molecular formula is C18H22N6O2. The summed E-state index contributed by atoms with van der Waals surface area (Å²) in [4.78, 5) is 27.4. The van der Waals surface area contributed by atoms with Crippen LogP contribution in [0.3, 0.4) is 0 Å². The Morgan fingerprint density at radius 3 is 2.54 bits per heavy atom. The second kappa shape index (κ2) is 7.38. The van der Waals surface area contributed by atoms with Gasteiger partial charge in [0.05, 0.1) is 11.9 Å². The Morgan fingerprint density at radius 2 is 1.81 bits per heavy atom. The second-order valence-electron chi connectivity index (χ2n) is 6.76. The van der Waals surface area contributed by atoms with Gasteiger partial charge < -0.3 is 20.4 Å². The highest BCUT2D eigenvalue weighted by Crippen LogP contribution is 2.15. The fraction of sp³-hybridized carbons (Fsp3) is 0.333. The van der Waals surface area contributed by atoms with Crippen LogP contribution in [0, 0.1) is 0 Å². The van der Waals surface area contributed by atoms with Crippen LogP contribution in [0.2, 0.25) is 0 Å². The number of carbonyl (C=O) groups is 1. The molecule has 2 heterocycles. The van der Waals surface area contributed by atoms with Crippen molar-refractivity contribution in [3.05, 3.63) is 42.5 Å². The van der Waals surface area contributed by atoms with E-state index in [0.717, 1.165) is 17.0 Å². The summed E-state index contributed by atoms with van der Waals surface area (Å²) >= 11 is 0. The van der Waals surface area contributed by atoms with E-state index in [-0.39, 0.29) is 5.97 Å². The van der Waals surface area contributed by atoms with E-state index in [0.29, 0.717) is 24.3 Å². The van der Waals surface area contributed by atoms with Crippen molar-refractivity contribution in [1.29, 1.82) is 0 Å². The molecule has 8 nitrogen and oxygen atoms in total. The largest absolute Gasteiger partial charge is 0.456 e. The smallest absolute Gasteiger partial charge is 0.338 e. The van der Waals surface area contributed by atoms with Gasteiger partial charge in [-0.25, -0.2) is 19.7 Å². The first-order valence-electron chi connectivity index (χ1n) is 8.37. The summed E-state index contributed by atoms with van der Waals surface area (Å²) in [6, 6.07) is 7.22. The number of aromatic amines is 1. The van der Waals surface area contributed by atoms with Gasteiger partial charge in [-0.05, 0) is 45.0 Å². The minimum absolute atomic E-state index is 0.321. The van der Waals surface area contributed by atoms with Crippen LogP contribution >= 0.6 is 0 Å². The van der Waals surface area contributed by atoms with Gasteiger partial charge in [0, 0.05) is 18.8 Å². The van der Waals surface area contributed by atoms with Crippen molar-refractivity contribution in [2.75, 3.05) is 23.7 Å². The molecule has 3 N–H and O–H groups in total. The maximum absolute atomic E-state index is 12.0. The summed E-state index contributed by atoms with van der Waals surface area (Å²) in [7, 11) is 0. The molecule has 0 unspecified atom stereocenters. The zero-order valence-electron chi connectivity index (χ0n) is 15.0. The molecule has 0 aliphatic rings. The van der Waals surface area contributed by atoms with Crippen LogP contribution in [-0.2, 0) is 4.74 Å². The van der Waals surface area contributed by atoms with Crippen molar-refractivity contribution in [2.45, 2.75) is 26.4 Å². The number of fused-ring (bicyclic) bond motifs is 1. The first-order chi connectivity index (χ1) is 12.4. The van der Waals surface area contributed by atoms with Crippen LogP contribution in [0.4, 0.5) is 11.5 Å². The minimum atomic E-state index is -0.499. The highest BCUT2D eigenvalue weighted by Gasteiger charge is 2.17. The van der Waals surface area contributed by atoms with E-state index < -0.39 is 5.60 Å². The van der Waals surface area contributed by atoms with Gasteiger partial charge >= 0.3 is 5.97 Å². The molecule has 0 aliphatic carbocycles. The molecule has 26 heavy (non-hydrogen) atoms. The Labute approximate surface area is 151 Å². The third-order valence-electron chi connectivity index (χ3n) is 3.49. The number of benzene rings is 1. The maximum atomic E-state index is 12.0. The number of aromatic nitrogens is 4. The quantitative estimate of drug-likeness (QED) is 0.462. The summed E-state index contributed by atoms with van der Waals surface area (Å²) in [6.45, 7) is 6.90. The zero-order valence-corrected chi connectivity index (χ0v) is 15.0. The number of nitrogens with zero attached hydrogens (tertiary/aromatic N) is 3. The van der Waals surface area contributed by atoms with Crippen LogP contribution in [0.25, 0.3) is 11.2 Å². The van der Waals surface area contributed by atoms with Crippen molar-refractivity contribution < 1.29 is 9.53 Å². The van der Waals surface area contributed by atoms with Gasteiger partial charge in [-0.2, -0.15) is 0 Å². The van der Waals surface area contributed by atoms with Crippen LogP contribution in [0.1, 0.15) is 31.1 Å². The molecule has 136 valence electrons. The molecule has 0 saturated heterocycles. The van der Waals surface area contributed by atoms with E-state index in [9.17, 15) is 4.79 Å². The number of carbonyl (C=O) groups excluding carboxylic acids is 1. The van der Waals surface area contributed by atoms with E-state index in [2.05, 4.69) is 30.6 Å². The number of nitrogens with one attached hydrogen (secondary N) is 3. The number of ether oxygens (including phenoxy) is 1. The highest BCUT2D eigenvalue weighted by atomic mass is 16.6. The molecule has 8 heteroatoms. The van der Waals surface area contributed by atoms with E-state index in [1.807, 2.05) is 32.9 Å². The van der Waals surface area contributed by atoms with Gasteiger partial charge in [0.1, 0.15) is 17.4 Å². The van der Waals surface area contributed by atoms with E-state index >= 15 is 0 Å². The van der Waals surface area contributed by atoms with Crippen LogP contribution in [0.5, 0.6) is 0 Å². The van der Waals surface area contributed by atoms with Crippen molar-refractivity contribution in [2.24, 2.45) is 0 Å². The fourth-order valence-electron chi connectivity index (χ4n) is 2.35. The van der Waals surface area contributed by atoms with Gasteiger partial charge in [-0.3, -0.25) is 0 Å². The Hall–Kier alpha value is -3.16. The lowest BCUT2D eigenvalue weighted by Gasteiger charge is -2.19. The summed E-state index contributed by atoms with van der Waals surface area (Å²) in [5.74, 6) is 0.396. The third-order valence-corrected chi connectivity index (χ3v) is 3.49. The summed E-state index contributed by atoms with van der Waals surface area (Å²) in [5.41, 5.74) is 2.38. The maximum Gasteiger partial charge on any atom is 0.338 e. The van der Waals surface area contributed by atoms with Gasteiger partial charge in [0.15, 0.2) is 11.5 Å². The van der Waals surface area contributed by atoms with Gasteiger partial charge in [0.25, 0.3) is 0 Å². The lowest BCUT2D eigenvalue weighted by Crippen LogP contribution is -2.23. The SMILES string of the molecule is CC(C)(C)OC(=O)c1ccc(NCCNc2ncnc3nc[nH]c23)cc1. The van der Waals surface area contributed by atoms with E-state index in [1.165, 1.54) is 6.33 Å². The molecule has 2 aromatic heterocycles. The Kier molecular flexibility index (Phi) is 5.01. The predicted molar refractivity (Wildman–Crippen MR) is 100 cm³/mol. The fourth-order valence-corrected chi connectivity index (χ4v) is 2.35. The second-order valence-corrected chi connectivity index (χ2v) is 6.76. The molecule has 0 saturated carbocycles. The summed E-state index contributed by atoms with van der Waals surface area (Å²) in [5, 5.41) is 6.53. The molecular weight excluding hydrogens is 332 g/mol. The lowest BCUT2D eigenvalue weighted by atomic mass is 10.1. The number of imidazole rings is 1. The molecule has 0 radical (unpaired) electrons. The molecule has 0 spiro atoms. The topological polar surface area (TPSA) is 105 Å². The standard InChI is InChI=1S/C18H22N6O2/c1-18(2,3)26-17(25)12-4-6-13(7-5-12)19-8-9-20-15-14-16(22-10-21-14)24-11-23-15/h4-7,10-11,19H,8-9H2,1-3H3,(H2,20,21,22,23,24). The van der Waals surface area contributed by atoms with Gasteiger partial charge in [0.2, 0.25) is 0 Å². The van der Waals surface area contributed by atoms with Crippen molar-refractivity contribution in [3.63, 3.8) is 0 Å². The Morgan fingerprint density at radius 1 is 1.08 bits per heavy atom. The Bertz CT molecular complexity index is 883. The number of rotatable bonds is 6. The Balaban J connectivity index is 1.49. The molecule has 0 atom stereocenters. The molecule has 0 amide bonds. The van der Waals surface area contributed by atoms with Crippen molar-refractivity contribution >= 4 is 28.6 Å². The zero-order chi connectivity index (χ0) is 18.6. The van der Waals surface area contributed by atoms with Crippen LogP contribution < -0.4 is 10.6 Å². The van der Waals surface area contributed by atoms with Crippen LogP contribution in [0.15, 0.2) is 36.9 Å². The third kappa shape index (κ3) is 4.47. The molecule has 0 bridgehead atoms. The van der Waals surface area contributed by atoms with Crippen molar-refractivity contribution in [1.82, 2.24) is 19.9 Å². The number of anilines is 2. The van der Waals surface area contributed by atoms with Gasteiger partial charge in [-0.1, -0.05) is 0 Å². The lowest BCUT2D eigenvalue weighted by molar-refractivity contribution is 0.00696. The monoisotopic (exact) mass is 354 g/mol. The average molecular weight is 354 g/mol. The number of hydrogen-bond acceptors (Lipinski definition) is 7. The highest BCUT2D eigenvalue weighted by molar-refractivity contribution is 5.90. The molecule has 1 aromatic carbocycles. The van der Waals surface area contributed by atoms with E-state index in [1.54, 1.807) is 18.5 Å². The normalized spacial score (nSPS) is 11.3. The summed E-state index contributed by atoms with van der Waals surface area (Å²) in [6.07, 6.45) is 3.07. The summed E-state index contributed by atoms with van der Waals surface area (Å²) < 4.78 is 5.35. The molecule has 3 rings (SSSR count). The molecule has 0 aliphatic heterocycles. The number of hydrogen-bond donors (Lipinski definition) is 3. The average Bonchev–Trinajstić information content (AvgIpc) is 3.07. The molecule has 3 aromatic rings. The van der Waals surface area contributed by atoms with Gasteiger partial charge in [-0.15, -0.1) is 0 Å². The molecule has 0 fully saturated rings. The number of H-pyrrole nitrogens is 1.